The van der Waals surface area contributed by atoms with Gasteiger partial charge in [0.1, 0.15) is 18.1 Å². The van der Waals surface area contributed by atoms with E-state index >= 15 is 0 Å². The summed E-state index contributed by atoms with van der Waals surface area (Å²) in [6.07, 6.45) is 1.09. The molecule has 4 nitrogen and oxygen atoms in total. The Labute approximate surface area is 164 Å². The second-order valence-corrected chi connectivity index (χ2v) is 7.50. The molecule has 1 aliphatic rings. The van der Waals surface area contributed by atoms with E-state index in [0.717, 1.165) is 68.3 Å². The highest BCUT2D eigenvalue weighted by molar-refractivity contribution is 9.10. The number of nitrogens with zero attached hydrogens (tertiary/aromatic N) is 2. The Kier molecular flexibility index (Phi) is 7.35. The maximum absolute atomic E-state index is 5.83. The van der Waals surface area contributed by atoms with E-state index in [9.17, 15) is 0 Å². The number of ether oxygens (including phenoxy) is 2. The largest absolute Gasteiger partial charge is 0.497 e. The smallest absolute Gasteiger partial charge is 0.119 e. The molecule has 1 aliphatic heterocycles. The van der Waals surface area contributed by atoms with Crippen LogP contribution in [0.5, 0.6) is 11.5 Å². The summed E-state index contributed by atoms with van der Waals surface area (Å²) in [4.78, 5) is 5.04. The quantitative estimate of drug-likeness (QED) is 0.652. The minimum Gasteiger partial charge on any atom is -0.497 e. The average Bonchev–Trinajstić information content (AvgIpc) is 2.69. The first-order valence-corrected chi connectivity index (χ1v) is 9.98. The topological polar surface area (TPSA) is 24.9 Å². The molecule has 0 spiro atoms. The van der Waals surface area contributed by atoms with Crippen LogP contribution in [-0.2, 0) is 6.42 Å². The zero-order valence-corrected chi connectivity index (χ0v) is 17.0. The normalized spacial score (nSPS) is 15.8. The van der Waals surface area contributed by atoms with E-state index in [0.29, 0.717) is 0 Å². The van der Waals surface area contributed by atoms with Gasteiger partial charge in [0, 0.05) is 43.7 Å². The first-order valence-electron chi connectivity index (χ1n) is 9.19. The van der Waals surface area contributed by atoms with Gasteiger partial charge in [-0.25, -0.2) is 0 Å². The van der Waals surface area contributed by atoms with Crippen molar-refractivity contribution < 1.29 is 9.47 Å². The first kappa shape index (κ1) is 19.2. The van der Waals surface area contributed by atoms with Crippen molar-refractivity contribution in [3.8, 4) is 11.5 Å². The molecule has 2 aromatic carbocycles. The Morgan fingerprint density at radius 3 is 2.00 bits per heavy atom. The minimum absolute atomic E-state index is 0.744. The summed E-state index contributed by atoms with van der Waals surface area (Å²) < 4.78 is 12.1. The molecule has 3 rings (SSSR count). The zero-order valence-electron chi connectivity index (χ0n) is 15.4. The summed E-state index contributed by atoms with van der Waals surface area (Å²) in [5.74, 6) is 1.86. The molecule has 0 aromatic heterocycles. The summed E-state index contributed by atoms with van der Waals surface area (Å²) in [7, 11) is 1.71. The molecule has 0 unspecified atom stereocenters. The lowest BCUT2D eigenvalue weighted by Crippen LogP contribution is -2.47. The van der Waals surface area contributed by atoms with Crippen molar-refractivity contribution >= 4 is 15.9 Å². The number of piperazine rings is 1. The van der Waals surface area contributed by atoms with E-state index in [1.807, 2.05) is 36.4 Å². The predicted octanol–water partition coefficient (Wildman–Crippen LogP) is 3.70. The molecule has 0 atom stereocenters. The Balaban J connectivity index is 1.31. The molecule has 0 amide bonds. The molecule has 0 N–H and O–H groups in total. The van der Waals surface area contributed by atoms with Crippen LogP contribution in [0.25, 0.3) is 0 Å². The Morgan fingerprint density at radius 1 is 0.808 bits per heavy atom. The number of halogens is 1. The van der Waals surface area contributed by atoms with Gasteiger partial charge in [-0.2, -0.15) is 0 Å². The third kappa shape index (κ3) is 6.01. The van der Waals surface area contributed by atoms with Crippen LogP contribution >= 0.6 is 15.9 Å². The van der Waals surface area contributed by atoms with Gasteiger partial charge in [-0.05, 0) is 48.4 Å². The highest BCUT2D eigenvalue weighted by Crippen LogP contribution is 2.16. The van der Waals surface area contributed by atoms with Gasteiger partial charge in [-0.15, -0.1) is 0 Å². The molecule has 140 valence electrons. The van der Waals surface area contributed by atoms with Gasteiger partial charge in [0.15, 0.2) is 0 Å². The molecule has 2 aromatic rings. The van der Waals surface area contributed by atoms with E-state index in [4.69, 9.17) is 9.47 Å². The highest BCUT2D eigenvalue weighted by atomic mass is 79.9. The van der Waals surface area contributed by atoms with Crippen molar-refractivity contribution in [1.29, 1.82) is 0 Å². The van der Waals surface area contributed by atoms with Crippen LogP contribution in [0.1, 0.15) is 5.56 Å². The van der Waals surface area contributed by atoms with E-state index in [1.165, 1.54) is 5.56 Å². The third-order valence-corrected chi connectivity index (χ3v) is 5.36. The van der Waals surface area contributed by atoms with Gasteiger partial charge in [-0.1, -0.05) is 28.1 Å². The lowest BCUT2D eigenvalue weighted by Gasteiger charge is -2.34. The van der Waals surface area contributed by atoms with Crippen LogP contribution in [-0.4, -0.2) is 62.8 Å². The number of rotatable bonds is 8. The van der Waals surface area contributed by atoms with E-state index < -0.39 is 0 Å². The maximum Gasteiger partial charge on any atom is 0.119 e. The third-order valence-electron chi connectivity index (χ3n) is 4.83. The van der Waals surface area contributed by atoms with Crippen LogP contribution in [0.4, 0.5) is 0 Å². The predicted molar refractivity (Wildman–Crippen MR) is 109 cm³/mol. The molecule has 0 bridgehead atoms. The summed E-state index contributed by atoms with van der Waals surface area (Å²) in [5.41, 5.74) is 1.37. The van der Waals surface area contributed by atoms with E-state index in [-0.39, 0.29) is 0 Å². The number of hydrogen-bond acceptors (Lipinski definition) is 4. The van der Waals surface area contributed by atoms with Crippen molar-refractivity contribution in [3.63, 3.8) is 0 Å². The molecule has 0 radical (unpaired) electrons. The summed E-state index contributed by atoms with van der Waals surface area (Å²) >= 11 is 3.44. The number of benzene rings is 2. The minimum atomic E-state index is 0.744. The van der Waals surface area contributed by atoms with Crippen molar-refractivity contribution in [2.45, 2.75) is 6.42 Å². The monoisotopic (exact) mass is 418 g/mol. The number of hydrogen-bond donors (Lipinski definition) is 0. The Morgan fingerprint density at radius 2 is 1.38 bits per heavy atom. The van der Waals surface area contributed by atoms with Gasteiger partial charge in [0.25, 0.3) is 0 Å². The fraction of sp³-hybridized carbons (Fsp3) is 0.429. The van der Waals surface area contributed by atoms with Gasteiger partial charge in [0.05, 0.1) is 7.11 Å². The summed E-state index contributed by atoms with van der Waals surface area (Å²) in [6.45, 7) is 7.35. The van der Waals surface area contributed by atoms with Crippen molar-refractivity contribution in [2.75, 3.05) is 53.0 Å². The molecule has 0 saturated carbocycles. The Hall–Kier alpha value is -1.56. The fourth-order valence-corrected chi connectivity index (χ4v) is 3.40. The molecule has 1 heterocycles. The second-order valence-electron chi connectivity index (χ2n) is 6.58. The molecule has 5 heteroatoms. The molecular weight excluding hydrogens is 392 g/mol. The first-order chi connectivity index (χ1) is 12.7. The van der Waals surface area contributed by atoms with Gasteiger partial charge in [-0.3, -0.25) is 4.90 Å². The number of methoxy groups -OCH3 is 1. The molecule has 0 aliphatic carbocycles. The van der Waals surface area contributed by atoms with Crippen LogP contribution in [0.15, 0.2) is 53.0 Å². The van der Waals surface area contributed by atoms with Crippen molar-refractivity contribution in [3.05, 3.63) is 58.6 Å². The molecule has 1 fully saturated rings. The van der Waals surface area contributed by atoms with Crippen LogP contribution in [0.2, 0.25) is 0 Å². The van der Waals surface area contributed by atoms with E-state index in [2.05, 4.69) is 37.9 Å². The van der Waals surface area contributed by atoms with Crippen molar-refractivity contribution in [2.24, 2.45) is 0 Å². The van der Waals surface area contributed by atoms with Crippen molar-refractivity contribution in [1.82, 2.24) is 9.80 Å². The maximum atomic E-state index is 5.83. The lowest BCUT2D eigenvalue weighted by atomic mass is 10.1. The van der Waals surface area contributed by atoms with E-state index in [1.54, 1.807) is 7.11 Å². The van der Waals surface area contributed by atoms with Crippen LogP contribution in [0.3, 0.4) is 0 Å². The van der Waals surface area contributed by atoms with Crippen LogP contribution < -0.4 is 9.47 Å². The van der Waals surface area contributed by atoms with Gasteiger partial charge in [0.2, 0.25) is 0 Å². The average molecular weight is 419 g/mol. The molecule has 1 saturated heterocycles. The standard InChI is InChI=1S/C21H27BrN2O2/c1-25-20-6-2-18(3-7-20)10-11-23-12-14-24(15-13-23)16-17-26-21-8-4-19(22)5-9-21/h2-9H,10-17H2,1H3. The fourth-order valence-electron chi connectivity index (χ4n) is 3.14. The zero-order chi connectivity index (χ0) is 18.2. The molecule has 26 heavy (non-hydrogen) atoms. The van der Waals surface area contributed by atoms with Gasteiger partial charge >= 0.3 is 0 Å². The molecular formula is C21H27BrN2O2. The van der Waals surface area contributed by atoms with Gasteiger partial charge < -0.3 is 14.4 Å². The SMILES string of the molecule is COc1ccc(CCN2CCN(CCOc3ccc(Br)cc3)CC2)cc1. The lowest BCUT2D eigenvalue weighted by molar-refractivity contribution is 0.118. The second kappa shape index (κ2) is 9.95. The summed E-state index contributed by atoms with van der Waals surface area (Å²) in [5, 5.41) is 0. The van der Waals surface area contributed by atoms with Crippen LogP contribution in [0, 0.1) is 0 Å². The highest BCUT2D eigenvalue weighted by Gasteiger charge is 2.16. The Bertz CT molecular complexity index is 653. The summed E-state index contributed by atoms with van der Waals surface area (Å²) in [6, 6.07) is 16.4.